The summed E-state index contributed by atoms with van der Waals surface area (Å²) in [6.45, 7) is 5.55. The number of rotatable bonds is 22. The van der Waals surface area contributed by atoms with E-state index >= 15 is 0 Å². The maximum atomic E-state index is 13.5. The van der Waals surface area contributed by atoms with E-state index in [0.717, 1.165) is 36.0 Å². The highest BCUT2D eigenvalue weighted by molar-refractivity contribution is 5.91. The quantitative estimate of drug-likeness (QED) is 0.120. The number of carbonyl (C=O) groups is 4. The van der Waals surface area contributed by atoms with E-state index in [0.29, 0.717) is 51.0 Å². The number of unbranched alkanes of at least 4 members (excludes halogenated alkanes) is 3. The molecular formula is C34H50N4O7. The Morgan fingerprint density at radius 3 is 2.33 bits per heavy atom. The van der Waals surface area contributed by atoms with Crippen molar-refractivity contribution in [3.05, 3.63) is 65.2 Å². The van der Waals surface area contributed by atoms with Crippen LogP contribution in [0.15, 0.2) is 48.5 Å². The summed E-state index contributed by atoms with van der Waals surface area (Å²) in [4.78, 5) is 50.4. The van der Waals surface area contributed by atoms with Gasteiger partial charge < -0.3 is 36.3 Å². The number of carboxylic acids is 1. The molecule has 2 aromatic carbocycles. The van der Waals surface area contributed by atoms with Crippen LogP contribution in [0.1, 0.15) is 81.4 Å². The molecule has 45 heavy (non-hydrogen) atoms. The van der Waals surface area contributed by atoms with E-state index in [4.69, 9.17) is 20.3 Å². The van der Waals surface area contributed by atoms with Crippen LogP contribution in [0.5, 0.6) is 5.75 Å². The minimum absolute atomic E-state index is 0.0449. The molecule has 0 aliphatic rings. The number of nitrogens with one attached hydrogen (secondary N) is 3. The highest BCUT2D eigenvalue weighted by Gasteiger charge is 2.27. The van der Waals surface area contributed by atoms with Gasteiger partial charge in [-0.25, -0.2) is 4.79 Å². The van der Waals surface area contributed by atoms with Crippen molar-refractivity contribution in [2.45, 2.75) is 96.7 Å². The molecular weight excluding hydrogens is 576 g/mol. The highest BCUT2D eigenvalue weighted by Crippen LogP contribution is 2.18. The molecule has 2 atom stereocenters. The van der Waals surface area contributed by atoms with Gasteiger partial charge in [0.15, 0.2) is 0 Å². The molecule has 0 saturated carbocycles. The third kappa shape index (κ3) is 15.4. The summed E-state index contributed by atoms with van der Waals surface area (Å²) in [5.74, 6) is -1.11. The normalized spacial score (nSPS) is 12.1. The van der Waals surface area contributed by atoms with E-state index in [1.165, 1.54) is 0 Å². The molecule has 3 amide bonds. The van der Waals surface area contributed by atoms with Gasteiger partial charge in [0.25, 0.3) is 0 Å². The van der Waals surface area contributed by atoms with Crippen LogP contribution in [0, 0.1) is 6.92 Å². The molecule has 0 saturated heterocycles. The summed E-state index contributed by atoms with van der Waals surface area (Å²) >= 11 is 0. The first-order valence-electron chi connectivity index (χ1n) is 15.9. The van der Waals surface area contributed by atoms with Gasteiger partial charge in [-0.15, -0.1) is 0 Å². The van der Waals surface area contributed by atoms with E-state index in [1.54, 1.807) is 0 Å². The van der Waals surface area contributed by atoms with Crippen LogP contribution in [-0.2, 0) is 32.1 Å². The number of hydrogen-bond acceptors (Lipinski definition) is 7. The Hall–Kier alpha value is -4.12. The third-order valence-corrected chi connectivity index (χ3v) is 7.31. The number of alkyl carbamates (subject to hydrolysis) is 1. The summed E-state index contributed by atoms with van der Waals surface area (Å²) in [6, 6.07) is 13.5. The summed E-state index contributed by atoms with van der Waals surface area (Å²) in [5.41, 5.74) is 8.45. The molecule has 0 fully saturated rings. The number of ether oxygens (including phenoxy) is 2. The Morgan fingerprint density at radius 1 is 0.867 bits per heavy atom. The van der Waals surface area contributed by atoms with Crippen LogP contribution in [0.25, 0.3) is 0 Å². The lowest BCUT2D eigenvalue weighted by Gasteiger charge is -2.23. The second-order valence-corrected chi connectivity index (χ2v) is 11.1. The molecule has 0 aliphatic heterocycles. The Balaban J connectivity index is 2.14. The summed E-state index contributed by atoms with van der Waals surface area (Å²) in [7, 11) is 0. The molecule has 11 heteroatoms. The van der Waals surface area contributed by atoms with Gasteiger partial charge in [-0.05, 0) is 87.2 Å². The fourth-order valence-electron chi connectivity index (χ4n) is 4.55. The van der Waals surface area contributed by atoms with Gasteiger partial charge in [0.05, 0.1) is 13.2 Å². The second-order valence-electron chi connectivity index (χ2n) is 11.1. The Morgan fingerprint density at radius 2 is 1.62 bits per heavy atom. The second kappa shape index (κ2) is 21.6. The standard InChI is InChI=1S/C34H50N4O7/c1-3-4-21-45-34(43)38-29(14-8-9-15-31(39)40)33(42)37-30(19-17-26-12-6-5-7-13-26)32(41)36-24-27-23-28(18-16-25(27)2)44-22-11-10-20-35/h5-7,12-13,16,18,23,29-30H,3-4,8-11,14-15,17,19-22,24,35H2,1-2H3,(H,36,41)(H,37,42)(H,38,43)(H,39,40)/t29-,30-/m0/s1. The molecule has 0 bridgehead atoms. The van der Waals surface area contributed by atoms with Gasteiger partial charge >= 0.3 is 12.1 Å². The molecule has 0 heterocycles. The first-order valence-corrected chi connectivity index (χ1v) is 15.9. The number of aliphatic carboxylic acids is 1. The van der Waals surface area contributed by atoms with E-state index in [2.05, 4.69) is 16.0 Å². The molecule has 248 valence electrons. The van der Waals surface area contributed by atoms with E-state index in [9.17, 15) is 19.2 Å². The predicted molar refractivity (Wildman–Crippen MR) is 173 cm³/mol. The SMILES string of the molecule is CCCCOC(=O)N[C@@H](CCCCC(=O)O)C(=O)N[C@@H](CCc1ccccc1)C(=O)NCc1cc(OCCCCN)ccc1C. The first kappa shape index (κ1) is 37.1. The van der Waals surface area contributed by atoms with Crippen LogP contribution in [-0.4, -0.2) is 60.8 Å². The maximum absolute atomic E-state index is 13.5. The molecule has 2 aromatic rings. The lowest BCUT2D eigenvalue weighted by molar-refractivity contribution is -0.137. The van der Waals surface area contributed by atoms with Crippen molar-refractivity contribution in [1.82, 2.24) is 16.0 Å². The molecule has 0 radical (unpaired) electrons. The number of amides is 3. The number of carboxylic acid groups (broad SMARTS) is 1. The van der Waals surface area contributed by atoms with Crippen molar-refractivity contribution in [2.75, 3.05) is 19.8 Å². The van der Waals surface area contributed by atoms with Crippen LogP contribution < -0.4 is 26.4 Å². The minimum Gasteiger partial charge on any atom is -0.494 e. The van der Waals surface area contributed by atoms with Crippen molar-refractivity contribution in [3.63, 3.8) is 0 Å². The van der Waals surface area contributed by atoms with Gasteiger partial charge in [0.1, 0.15) is 17.8 Å². The molecule has 6 N–H and O–H groups in total. The van der Waals surface area contributed by atoms with Gasteiger partial charge in [-0.3, -0.25) is 14.4 Å². The number of carbonyl (C=O) groups excluding carboxylic acids is 3. The smallest absolute Gasteiger partial charge is 0.407 e. The summed E-state index contributed by atoms with van der Waals surface area (Å²) in [5, 5.41) is 17.4. The first-order chi connectivity index (χ1) is 21.7. The fourth-order valence-corrected chi connectivity index (χ4v) is 4.55. The Labute approximate surface area is 266 Å². The van der Waals surface area contributed by atoms with Crippen LogP contribution in [0.4, 0.5) is 4.79 Å². The van der Waals surface area contributed by atoms with Gasteiger partial charge in [0.2, 0.25) is 11.8 Å². The zero-order valence-electron chi connectivity index (χ0n) is 26.6. The predicted octanol–water partition coefficient (Wildman–Crippen LogP) is 4.39. The lowest BCUT2D eigenvalue weighted by Crippen LogP contribution is -2.53. The van der Waals surface area contributed by atoms with Crippen molar-refractivity contribution in [3.8, 4) is 5.75 Å². The molecule has 0 aromatic heterocycles. The van der Waals surface area contributed by atoms with Gasteiger partial charge in [-0.1, -0.05) is 56.2 Å². The van der Waals surface area contributed by atoms with Crippen molar-refractivity contribution >= 4 is 23.9 Å². The van der Waals surface area contributed by atoms with Crippen LogP contribution in [0.3, 0.4) is 0 Å². The number of aryl methyl sites for hydroxylation is 2. The minimum atomic E-state index is -0.990. The van der Waals surface area contributed by atoms with Crippen LogP contribution >= 0.6 is 0 Å². The van der Waals surface area contributed by atoms with Gasteiger partial charge in [0, 0.05) is 13.0 Å². The Kier molecular flexibility index (Phi) is 17.8. The summed E-state index contributed by atoms with van der Waals surface area (Å²) < 4.78 is 11.0. The zero-order chi connectivity index (χ0) is 32.9. The maximum Gasteiger partial charge on any atom is 0.407 e. The average molecular weight is 627 g/mol. The molecule has 0 aliphatic carbocycles. The van der Waals surface area contributed by atoms with Gasteiger partial charge in [-0.2, -0.15) is 0 Å². The molecule has 11 nitrogen and oxygen atoms in total. The zero-order valence-corrected chi connectivity index (χ0v) is 26.6. The van der Waals surface area contributed by atoms with E-state index < -0.39 is 30.1 Å². The molecule has 0 spiro atoms. The number of nitrogens with two attached hydrogens (primary N) is 1. The monoisotopic (exact) mass is 626 g/mol. The summed E-state index contributed by atoms with van der Waals surface area (Å²) in [6.07, 6.45) is 4.30. The van der Waals surface area contributed by atoms with Crippen molar-refractivity contribution < 1.29 is 33.8 Å². The largest absolute Gasteiger partial charge is 0.494 e. The topological polar surface area (TPSA) is 169 Å². The van der Waals surface area contributed by atoms with Crippen LogP contribution in [0.2, 0.25) is 0 Å². The third-order valence-electron chi connectivity index (χ3n) is 7.31. The fraction of sp³-hybridized carbons (Fsp3) is 0.529. The lowest BCUT2D eigenvalue weighted by atomic mass is 10.0. The highest BCUT2D eigenvalue weighted by atomic mass is 16.5. The molecule has 0 unspecified atom stereocenters. The average Bonchev–Trinajstić information content (AvgIpc) is 3.03. The molecule has 2 rings (SSSR count). The van der Waals surface area contributed by atoms with E-state index in [1.807, 2.05) is 62.4 Å². The van der Waals surface area contributed by atoms with Crippen molar-refractivity contribution in [2.24, 2.45) is 5.73 Å². The Bertz CT molecular complexity index is 1190. The number of benzene rings is 2. The van der Waals surface area contributed by atoms with Crippen molar-refractivity contribution in [1.29, 1.82) is 0 Å². The number of hydrogen-bond donors (Lipinski definition) is 5. The van der Waals surface area contributed by atoms with E-state index in [-0.39, 0.29) is 31.9 Å².